The van der Waals surface area contributed by atoms with E-state index in [0.717, 1.165) is 5.57 Å². The molecule has 0 spiro atoms. The molecular weight excluding hydrogens is 362 g/mol. The van der Waals surface area contributed by atoms with Gasteiger partial charge in [-0.25, -0.2) is 0 Å². The van der Waals surface area contributed by atoms with Gasteiger partial charge in [-0.05, 0) is 6.92 Å². The second-order valence-corrected chi connectivity index (χ2v) is 14.1. The summed E-state index contributed by atoms with van der Waals surface area (Å²) < 4.78 is 22.6. The Morgan fingerprint density at radius 3 is 2.07 bits per heavy atom. The molecule has 27 heavy (non-hydrogen) atoms. The van der Waals surface area contributed by atoms with Crippen LogP contribution in [0.2, 0.25) is 19.6 Å². The molecule has 0 saturated carbocycles. The van der Waals surface area contributed by atoms with Crippen LogP contribution in [0.5, 0.6) is 0 Å². The van der Waals surface area contributed by atoms with E-state index in [1.165, 1.54) is 0 Å². The molecule has 3 fully saturated rings. The predicted molar refractivity (Wildman–Crippen MR) is 106 cm³/mol. The summed E-state index contributed by atoms with van der Waals surface area (Å²) in [7, 11) is -1.36. The molecule has 0 bridgehead atoms. The maximum Gasteiger partial charge on any atom is 0.227 e. The van der Waals surface area contributed by atoms with E-state index >= 15 is 0 Å². The fourth-order valence-corrected chi connectivity index (χ4v) is 5.00. The fourth-order valence-electron chi connectivity index (χ4n) is 4.22. The Morgan fingerprint density at radius 1 is 1.11 bits per heavy atom. The van der Waals surface area contributed by atoms with Crippen LogP contribution in [-0.4, -0.2) is 70.0 Å². The molecule has 3 aliphatic rings. The highest BCUT2D eigenvalue weighted by molar-refractivity contribution is 6.80. The van der Waals surface area contributed by atoms with Crippen molar-refractivity contribution in [2.24, 2.45) is 11.8 Å². The lowest BCUT2D eigenvalue weighted by Gasteiger charge is -2.36. The van der Waals surface area contributed by atoms with Gasteiger partial charge in [0.1, 0.15) is 25.8 Å². The summed E-state index contributed by atoms with van der Waals surface area (Å²) in [5.74, 6) is -0.107. The van der Waals surface area contributed by atoms with Crippen LogP contribution in [0.15, 0.2) is 23.9 Å². The third-order valence-corrected chi connectivity index (χ3v) is 6.81. The van der Waals surface area contributed by atoms with Crippen molar-refractivity contribution in [3.63, 3.8) is 0 Å². The summed E-state index contributed by atoms with van der Waals surface area (Å²) >= 11 is 0. The number of amides is 1. The zero-order chi connectivity index (χ0) is 19.8. The number of hydrogen-bond acceptors (Lipinski definition) is 5. The van der Waals surface area contributed by atoms with Gasteiger partial charge in [-0.3, -0.25) is 4.79 Å². The molecule has 0 unspecified atom stereocenters. The quantitative estimate of drug-likeness (QED) is 0.529. The van der Waals surface area contributed by atoms with Crippen molar-refractivity contribution >= 4 is 14.0 Å². The van der Waals surface area contributed by atoms with Crippen LogP contribution >= 0.6 is 0 Å². The molecule has 3 aliphatic heterocycles. The maximum atomic E-state index is 13.6. The van der Waals surface area contributed by atoms with E-state index < -0.39 is 8.07 Å². The van der Waals surface area contributed by atoms with E-state index in [1.807, 2.05) is 18.7 Å². The number of ether oxygens (including phenoxy) is 4. The summed E-state index contributed by atoms with van der Waals surface area (Å²) in [4.78, 5) is 15.5. The Balaban J connectivity index is 1.83. The molecule has 0 aromatic heterocycles. The highest BCUT2D eigenvalue weighted by atomic mass is 28.3. The van der Waals surface area contributed by atoms with Gasteiger partial charge in [0.2, 0.25) is 5.91 Å². The van der Waals surface area contributed by atoms with Gasteiger partial charge >= 0.3 is 0 Å². The summed E-state index contributed by atoms with van der Waals surface area (Å²) in [6.45, 7) is 16.4. The minimum Gasteiger partial charge on any atom is -0.353 e. The first-order valence-corrected chi connectivity index (χ1v) is 13.3. The topological polar surface area (TPSA) is 57.2 Å². The number of carbonyl (C=O) groups is 1. The highest BCUT2D eigenvalue weighted by Crippen LogP contribution is 2.37. The third kappa shape index (κ3) is 4.37. The Labute approximate surface area is 163 Å². The van der Waals surface area contributed by atoms with Crippen molar-refractivity contribution in [2.75, 3.05) is 26.8 Å². The van der Waals surface area contributed by atoms with Crippen molar-refractivity contribution in [3.8, 4) is 0 Å². The van der Waals surface area contributed by atoms with Gasteiger partial charge in [-0.1, -0.05) is 50.5 Å². The number of carbonyl (C=O) groups excluding carboxylic acids is 1. The Hall–Kier alpha value is -0.993. The maximum absolute atomic E-state index is 13.6. The number of allylic oxidation sites excluding steroid dienone is 2. The Kier molecular flexibility index (Phi) is 6.27. The van der Waals surface area contributed by atoms with Crippen LogP contribution in [0, 0.1) is 11.8 Å². The normalized spacial score (nSPS) is 33.4. The molecule has 0 radical (unpaired) electrons. The van der Waals surface area contributed by atoms with Crippen LogP contribution in [0.3, 0.4) is 0 Å². The largest absolute Gasteiger partial charge is 0.353 e. The monoisotopic (exact) mass is 395 g/mol. The van der Waals surface area contributed by atoms with E-state index in [0.29, 0.717) is 13.2 Å². The van der Waals surface area contributed by atoms with Crippen molar-refractivity contribution in [3.05, 3.63) is 23.9 Å². The van der Waals surface area contributed by atoms with Gasteiger partial charge in [-0.15, -0.1) is 0 Å². The van der Waals surface area contributed by atoms with Crippen molar-refractivity contribution in [1.82, 2.24) is 4.90 Å². The molecule has 0 N–H and O–H groups in total. The highest BCUT2D eigenvalue weighted by Gasteiger charge is 2.55. The standard InChI is InChI=1S/C20H33NO5Si/c1-13(2)15(7-8-27(4,5)6)14(3)20(22)21-16-9-23-11-25-18(16)19-17(21)10-24-12-26-19/h7-8,14-19H,1,9-12H2,2-6H3/b8-7+/t14-,15+,16-,17-,18+,19+/m0/s1. The van der Waals surface area contributed by atoms with Gasteiger partial charge in [0.15, 0.2) is 0 Å². The van der Waals surface area contributed by atoms with Crippen LogP contribution in [0.1, 0.15) is 13.8 Å². The average Bonchev–Trinajstić information content (AvgIpc) is 2.94. The van der Waals surface area contributed by atoms with Crippen LogP contribution in [0.4, 0.5) is 0 Å². The molecule has 3 rings (SSSR count). The Morgan fingerprint density at radius 2 is 1.63 bits per heavy atom. The van der Waals surface area contributed by atoms with E-state index in [4.69, 9.17) is 18.9 Å². The molecule has 1 amide bonds. The second-order valence-electron chi connectivity index (χ2n) is 9.01. The SMILES string of the molecule is C=C(C)[C@@H](/C=C/[Si](C)(C)C)[C@H](C)C(=O)N1[C@H]2COCO[C@H]2[C@@H]2OCOC[C@@H]21. The number of nitrogens with zero attached hydrogens (tertiary/aromatic N) is 1. The number of fused-ring (bicyclic) bond motifs is 3. The van der Waals surface area contributed by atoms with Crippen LogP contribution < -0.4 is 0 Å². The minimum absolute atomic E-state index is 0.0116. The lowest BCUT2D eigenvalue weighted by molar-refractivity contribution is -0.208. The summed E-state index contributed by atoms with van der Waals surface area (Å²) in [6.07, 6.45) is 1.89. The van der Waals surface area contributed by atoms with E-state index in [-0.39, 0.29) is 55.6 Å². The molecular formula is C20H33NO5Si. The van der Waals surface area contributed by atoms with Crippen molar-refractivity contribution in [1.29, 1.82) is 0 Å². The minimum atomic E-state index is -1.36. The molecule has 0 aliphatic carbocycles. The molecule has 3 saturated heterocycles. The fraction of sp³-hybridized carbons (Fsp3) is 0.750. The predicted octanol–water partition coefficient (Wildman–Crippen LogP) is 2.57. The third-order valence-electron chi connectivity index (χ3n) is 5.62. The van der Waals surface area contributed by atoms with E-state index in [1.54, 1.807) is 0 Å². The number of likely N-dealkylation sites (tertiary alicyclic amines) is 1. The van der Waals surface area contributed by atoms with Gasteiger partial charge in [0.25, 0.3) is 0 Å². The molecule has 7 heteroatoms. The zero-order valence-corrected chi connectivity index (χ0v) is 18.1. The first-order chi connectivity index (χ1) is 12.7. The average molecular weight is 396 g/mol. The first-order valence-electron chi connectivity index (χ1n) is 9.76. The Bertz CT molecular complexity index is 580. The summed E-state index contributed by atoms with van der Waals surface area (Å²) in [6, 6.07) is -0.255. The number of rotatable bonds is 5. The number of hydrogen-bond donors (Lipinski definition) is 0. The molecule has 6 nitrogen and oxygen atoms in total. The lowest BCUT2D eigenvalue weighted by atomic mass is 9.87. The van der Waals surface area contributed by atoms with E-state index in [2.05, 4.69) is 38.0 Å². The van der Waals surface area contributed by atoms with Crippen molar-refractivity contribution in [2.45, 2.75) is 57.8 Å². The molecule has 0 aromatic carbocycles. The lowest BCUT2D eigenvalue weighted by Crippen LogP contribution is -2.52. The van der Waals surface area contributed by atoms with Gasteiger partial charge in [-0.2, -0.15) is 0 Å². The molecule has 0 aromatic rings. The molecule has 6 atom stereocenters. The van der Waals surface area contributed by atoms with Gasteiger partial charge in [0.05, 0.1) is 33.4 Å². The second kappa shape index (κ2) is 8.17. The van der Waals surface area contributed by atoms with Crippen LogP contribution in [0.25, 0.3) is 0 Å². The molecule has 152 valence electrons. The first kappa shape index (κ1) is 20.7. The summed E-state index contributed by atoms with van der Waals surface area (Å²) in [5.41, 5.74) is 3.30. The molecule has 3 heterocycles. The van der Waals surface area contributed by atoms with Gasteiger partial charge < -0.3 is 23.8 Å². The van der Waals surface area contributed by atoms with Crippen molar-refractivity contribution < 1.29 is 23.7 Å². The van der Waals surface area contributed by atoms with E-state index in [9.17, 15) is 4.79 Å². The smallest absolute Gasteiger partial charge is 0.227 e. The van der Waals surface area contributed by atoms with Gasteiger partial charge in [0, 0.05) is 11.8 Å². The summed E-state index contributed by atoms with van der Waals surface area (Å²) in [5, 5.41) is 0. The van der Waals surface area contributed by atoms with Crippen LogP contribution in [-0.2, 0) is 23.7 Å². The zero-order valence-electron chi connectivity index (χ0n) is 17.1.